The summed E-state index contributed by atoms with van der Waals surface area (Å²) < 4.78 is 5.33. The molecule has 14 heavy (non-hydrogen) atoms. The zero-order chi connectivity index (χ0) is 10.3. The molecule has 0 radical (unpaired) electrons. The molecule has 0 N–H and O–H groups in total. The maximum atomic E-state index is 2.43. The number of rotatable bonds is 0. The molecule has 0 bridgehead atoms. The van der Waals surface area contributed by atoms with Crippen LogP contribution in [0.4, 0.5) is 0 Å². The van der Waals surface area contributed by atoms with Crippen molar-refractivity contribution in [1.82, 2.24) is 0 Å². The van der Waals surface area contributed by atoms with E-state index >= 15 is 0 Å². The molecule has 0 aliphatic carbocycles. The molecule has 0 heterocycles. The molecular weight excluding hydrogens is 628 g/mol. The van der Waals surface area contributed by atoms with E-state index in [1.165, 1.54) is 25.1 Å². The Balaban J connectivity index is 2.95. The average molecular weight is 632 g/mol. The minimum atomic E-state index is 1.30. The summed E-state index contributed by atoms with van der Waals surface area (Å²) in [4.78, 5) is 0. The summed E-state index contributed by atoms with van der Waals surface area (Å²) in [6, 6.07) is 8.83. The molecule has 0 atom stereocenters. The molecule has 0 saturated carbocycles. The molecule has 0 saturated heterocycles. The van der Waals surface area contributed by atoms with Crippen LogP contribution in [0.1, 0.15) is 0 Å². The van der Waals surface area contributed by atoms with E-state index in [2.05, 4.69) is 115 Å². The van der Waals surface area contributed by atoms with Gasteiger partial charge in [0.15, 0.2) is 0 Å². The Morgan fingerprint density at radius 2 is 1.50 bits per heavy atom. The lowest BCUT2D eigenvalue weighted by Crippen LogP contribution is -1.87. The van der Waals surface area contributed by atoms with Crippen molar-refractivity contribution in [2.75, 3.05) is 0 Å². The van der Waals surface area contributed by atoms with Crippen molar-refractivity contribution in [1.29, 1.82) is 0 Å². The minimum Gasteiger partial charge on any atom is -0.0532 e. The second kappa shape index (κ2) is 4.86. The zero-order valence-electron chi connectivity index (χ0n) is 6.82. The summed E-state index contributed by atoms with van der Waals surface area (Å²) in [5.41, 5.74) is 0. The summed E-state index contributed by atoms with van der Waals surface area (Å²) in [5, 5.41) is 2.73. The predicted octanol–water partition coefficient (Wildman–Crippen LogP) is 5.26. The first-order chi connectivity index (χ1) is 6.59. The number of fused-ring (bicyclic) bond motifs is 1. The van der Waals surface area contributed by atoms with Crippen LogP contribution in [0.25, 0.3) is 10.8 Å². The Hall–Kier alpha value is 1.62. The highest BCUT2D eigenvalue weighted by atomic mass is 127. The van der Waals surface area contributed by atoms with Crippen molar-refractivity contribution < 1.29 is 0 Å². The van der Waals surface area contributed by atoms with Crippen molar-refractivity contribution in [3.8, 4) is 0 Å². The molecule has 72 valence electrons. The van der Waals surface area contributed by atoms with E-state index in [1.807, 2.05) is 0 Å². The Bertz CT molecular complexity index is 505. The molecule has 0 unspecified atom stereocenters. The van der Waals surface area contributed by atoms with E-state index in [0.29, 0.717) is 0 Å². The van der Waals surface area contributed by atoms with Gasteiger partial charge in [-0.25, -0.2) is 0 Å². The molecule has 2 aromatic carbocycles. The predicted molar refractivity (Wildman–Crippen MR) is 94.8 cm³/mol. The van der Waals surface area contributed by atoms with E-state index in [1.54, 1.807) is 0 Å². The quantitative estimate of drug-likeness (QED) is 0.349. The number of benzene rings is 2. The molecular formula is C10H4I4. The Kier molecular flexibility index (Phi) is 4.20. The van der Waals surface area contributed by atoms with E-state index in [0.717, 1.165) is 0 Å². The van der Waals surface area contributed by atoms with Crippen LogP contribution in [0.15, 0.2) is 24.3 Å². The molecule has 0 aliphatic rings. The van der Waals surface area contributed by atoms with Crippen molar-refractivity contribution in [3.05, 3.63) is 38.5 Å². The summed E-state index contributed by atoms with van der Waals surface area (Å²) in [5.74, 6) is 0. The smallest absolute Gasteiger partial charge is 0.0352 e. The van der Waals surface area contributed by atoms with Gasteiger partial charge in [-0.2, -0.15) is 0 Å². The first kappa shape index (κ1) is 12.1. The molecule has 0 nitrogen and oxygen atoms in total. The second-order valence-electron chi connectivity index (χ2n) is 2.85. The lowest BCUT2D eigenvalue weighted by Gasteiger charge is -2.06. The Morgan fingerprint density at radius 1 is 0.786 bits per heavy atom. The van der Waals surface area contributed by atoms with Crippen LogP contribution in [0, 0.1) is 14.3 Å². The van der Waals surface area contributed by atoms with Crippen LogP contribution in [0.3, 0.4) is 0 Å². The molecule has 0 amide bonds. The fourth-order valence-electron chi connectivity index (χ4n) is 1.31. The second-order valence-corrected chi connectivity index (χ2v) is 7.50. The summed E-state index contributed by atoms with van der Waals surface area (Å²) in [7, 11) is 0. The Morgan fingerprint density at radius 3 is 2.21 bits per heavy atom. The number of halogens is 4. The highest BCUT2D eigenvalue weighted by Gasteiger charge is 2.07. The van der Waals surface area contributed by atoms with Crippen molar-refractivity contribution in [2.24, 2.45) is 0 Å². The normalized spacial score (nSPS) is 10.9. The fourth-order valence-corrected chi connectivity index (χ4v) is 5.22. The zero-order valence-corrected chi connectivity index (χ0v) is 15.5. The van der Waals surface area contributed by atoms with E-state index in [4.69, 9.17) is 0 Å². The molecule has 2 rings (SSSR count). The Labute approximate surface area is 137 Å². The standard InChI is InChI=1S/C10H4I4/c11-6-3-5-1-2-7(12)10(14)9(5)8(13)4-6/h1-4H. The highest BCUT2D eigenvalue weighted by Crippen LogP contribution is 2.30. The topological polar surface area (TPSA) is 0 Å². The third-order valence-electron chi connectivity index (χ3n) is 1.92. The maximum Gasteiger partial charge on any atom is 0.0352 e. The minimum absolute atomic E-state index is 1.30. The van der Waals surface area contributed by atoms with E-state index in [9.17, 15) is 0 Å². The molecule has 0 spiro atoms. The largest absolute Gasteiger partial charge is 0.0532 e. The molecule has 0 fully saturated rings. The molecule has 2 aromatic rings. The monoisotopic (exact) mass is 632 g/mol. The molecule has 0 aromatic heterocycles. The maximum absolute atomic E-state index is 2.43. The summed E-state index contributed by atoms with van der Waals surface area (Å²) in [6.45, 7) is 0. The lowest BCUT2D eigenvalue weighted by atomic mass is 10.1. The molecule has 4 heteroatoms. The average Bonchev–Trinajstić information content (AvgIpc) is 2.10. The van der Waals surface area contributed by atoms with Gasteiger partial charge >= 0.3 is 0 Å². The SMILES string of the molecule is Ic1cc(I)c2c(I)c(I)ccc2c1. The van der Waals surface area contributed by atoms with Crippen molar-refractivity contribution in [2.45, 2.75) is 0 Å². The van der Waals surface area contributed by atoms with E-state index < -0.39 is 0 Å². The highest BCUT2D eigenvalue weighted by molar-refractivity contribution is 14.1. The first-order valence-corrected chi connectivity index (χ1v) is 8.14. The van der Waals surface area contributed by atoms with Crippen LogP contribution in [-0.2, 0) is 0 Å². The van der Waals surface area contributed by atoms with Gasteiger partial charge in [-0.15, -0.1) is 0 Å². The van der Waals surface area contributed by atoms with Crippen LogP contribution < -0.4 is 0 Å². The van der Waals surface area contributed by atoms with Gasteiger partial charge in [0.2, 0.25) is 0 Å². The van der Waals surface area contributed by atoms with Crippen LogP contribution >= 0.6 is 90.4 Å². The third kappa shape index (κ3) is 2.31. The van der Waals surface area contributed by atoms with Gasteiger partial charge in [0.05, 0.1) is 0 Å². The molecule has 0 aliphatic heterocycles. The number of hydrogen-bond donors (Lipinski definition) is 0. The van der Waals surface area contributed by atoms with Crippen LogP contribution in [0.5, 0.6) is 0 Å². The fraction of sp³-hybridized carbons (Fsp3) is 0. The number of hydrogen-bond acceptors (Lipinski definition) is 0. The summed E-state index contributed by atoms with van der Waals surface area (Å²) >= 11 is 9.59. The lowest BCUT2D eigenvalue weighted by molar-refractivity contribution is 1.60. The van der Waals surface area contributed by atoms with Crippen LogP contribution in [0.2, 0.25) is 0 Å². The van der Waals surface area contributed by atoms with Gasteiger partial charge in [-0.1, -0.05) is 6.07 Å². The third-order valence-corrected chi connectivity index (χ3v) is 6.45. The van der Waals surface area contributed by atoms with Crippen molar-refractivity contribution >= 4 is 101 Å². The van der Waals surface area contributed by atoms with Gasteiger partial charge in [-0.05, 0) is 114 Å². The van der Waals surface area contributed by atoms with Gasteiger partial charge in [0, 0.05) is 19.7 Å². The first-order valence-electron chi connectivity index (χ1n) is 3.82. The van der Waals surface area contributed by atoms with Crippen LogP contribution in [-0.4, -0.2) is 0 Å². The van der Waals surface area contributed by atoms with Gasteiger partial charge in [0.1, 0.15) is 0 Å². The van der Waals surface area contributed by atoms with Gasteiger partial charge in [0.25, 0.3) is 0 Å². The van der Waals surface area contributed by atoms with Crippen molar-refractivity contribution in [3.63, 3.8) is 0 Å². The van der Waals surface area contributed by atoms with E-state index in [-0.39, 0.29) is 0 Å². The summed E-state index contributed by atoms with van der Waals surface area (Å²) in [6.07, 6.45) is 0. The van der Waals surface area contributed by atoms with Gasteiger partial charge < -0.3 is 0 Å². The van der Waals surface area contributed by atoms with Gasteiger partial charge in [-0.3, -0.25) is 0 Å².